The van der Waals surface area contributed by atoms with Gasteiger partial charge in [0.25, 0.3) is 0 Å². The van der Waals surface area contributed by atoms with Gasteiger partial charge in [-0.05, 0) is 42.5 Å². The number of nitrogens with one attached hydrogen (secondary N) is 1. The Morgan fingerprint density at radius 1 is 1.36 bits per heavy atom. The molecule has 0 fully saturated rings. The third-order valence-electron chi connectivity index (χ3n) is 2.85. The van der Waals surface area contributed by atoms with Crippen molar-refractivity contribution in [1.29, 1.82) is 0 Å². The highest BCUT2D eigenvalue weighted by atomic mass is 32.2. The number of hydrogen-bond donors (Lipinski definition) is 2. The molecule has 1 aliphatic heterocycles. The van der Waals surface area contributed by atoms with Gasteiger partial charge in [0.1, 0.15) is 23.9 Å². The molecule has 0 bridgehead atoms. The molecule has 0 aliphatic carbocycles. The van der Waals surface area contributed by atoms with Crippen molar-refractivity contribution in [1.82, 2.24) is 15.2 Å². The molecular weight excluding hydrogens is 306 g/mol. The smallest absolute Gasteiger partial charge is 0.342 e. The fourth-order valence-corrected chi connectivity index (χ4v) is 2.66. The van der Waals surface area contributed by atoms with E-state index in [2.05, 4.69) is 15.2 Å². The van der Waals surface area contributed by atoms with Crippen LogP contribution in [0, 0.1) is 6.92 Å². The number of hydrogen-bond acceptors (Lipinski definition) is 6. The summed E-state index contributed by atoms with van der Waals surface area (Å²) in [6, 6.07) is 5.29. The number of carboxylic acid groups (broad SMARTS) is 1. The fraction of sp³-hybridized carbons (Fsp3) is 0.214. The average molecular weight is 319 g/mol. The van der Waals surface area contributed by atoms with E-state index in [1.807, 2.05) is 0 Å². The van der Waals surface area contributed by atoms with E-state index in [0.29, 0.717) is 41.3 Å². The highest BCUT2D eigenvalue weighted by Crippen LogP contribution is 2.33. The number of H-pyrrole nitrogens is 1. The number of aryl methyl sites for hydroxylation is 1. The molecule has 0 unspecified atom stereocenters. The molecule has 114 valence electrons. The Balaban J connectivity index is 1.87. The van der Waals surface area contributed by atoms with Crippen LogP contribution in [0.4, 0.5) is 0 Å². The van der Waals surface area contributed by atoms with E-state index in [1.165, 1.54) is 0 Å². The number of carbonyl (C=O) groups is 1. The summed E-state index contributed by atoms with van der Waals surface area (Å²) in [5.74, 6) is 0.870. The maximum absolute atomic E-state index is 11.4. The van der Waals surface area contributed by atoms with Gasteiger partial charge in [-0.15, -0.1) is 5.10 Å². The van der Waals surface area contributed by atoms with Crippen LogP contribution < -0.4 is 9.47 Å². The molecule has 0 saturated carbocycles. The quantitative estimate of drug-likeness (QED) is 0.658. The molecule has 0 saturated heterocycles. The van der Waals surface area contributed by atoms with E-state index >= 15 is 0 Å². The van der Waals surface area contributed by atoms with Crippen LogP contribution in [0.25, 0.3) is 6.08 Å². The highest BCUT2D eigenvalue weighted by Gasteiger charge is 2.15. The SMILES string of the molecule is Cc1nc(SC(=Cc2ccc3c(c2)OCCO3)C(=O)O)n[nH]1. The standard InChI is InChI=1S/C14H13N3O4S/c1-8-15-14(17-16-8)22-12(13(18)19)7-9-2-3-10-11(6-9)21-5-4-20-10/h2-3,6-7H,4-5H2,1H3,(H,18,19)(H,15,16,17). The zero-order valence-electron chi connectivity index (χ0n) is 11.7. The number of carboxylic acids is 1. The number of thioether (sulfide) groups is 1. The Labute approximate surface area is 130 Å². The molecule has 0 atom stereocenters. The number of aliphatic carboxylic acids is 1. The Morgan fingerprint density at radius 2 is 2.14 bits per heavy atom. The van der Waals surface area contributed by atoms with E-state index in [9.17, 15) is 9.90 Å². The molecule has 2 N–H and O–H groups in total. The fourth-order valence-electron chi connectivity index (χ4n) is 1.90. The van der Waals surface area contributed by atoms with Gasteiger partial charge < -0.3 is 14.6 Å². The van der Waals surface area contributed by atoms with Gasteiger partial charge >= 0.3 is 5.97 Å². The molecule has 0 radical (unpaired) electrons. The lowest BCUT2D eigenvalue weighted by atomic mass is 10.2. The second-order valence-electron chi connectivity index (χ2n) is 4.52. The van der Waals surface area contributed by atoms with Crippen LogP contribution in [0.2, 0.25) is 0 Å². The van der Waals surface area contributed by atoms with Crippen LogP contribution in [0.5, 0.6) is 11.5 Å². The van der Waals surface area contributed by atoms with Crippen molar-refractivity contribution in [3.63, 3.8) is 0 Å². The molecule has 1 aromatic carbocycles. The van der Waals surface area contributed by atoms with E-state index in [4.69, 9.17) is 9.47 Å². The summed E-state index contributed by atoms with van der Waals surface area (Å²) in [4.78, 5) is 15.6. The van der Waals surface area contributed by atoms with Crippen LogP contribution >= 0.6 is 11.8 Å². The highest BCUT2D eigenvalue weighted by molar-refractivity contribution is 8.04. The van der Waals surface area contributed by atoms with Gasteiger partial charge in [0.2, 0.25) is 5.16 Å². The molecule has 1 aromatic heterocycles. The summed E-state index contributed by atoms with van der Waals surface area (Å²) in [5.41, 5.74) is 0.710. The van der Waals surface area contributed by atoms with Gasteiger partial charge in [-0.25, -0.2) is 9.78 Å². The van der Waals surface area contributed by atoms with E-state index in [0.717, 1.165) is 11.8 Å². The van der Waals surface area contributed by atoms with Gasteiger partial charge in [0.05, 0.1) is 0 Å². The van der Waals surface area contributed by atoms with Crippen molar-refractivity contribution in [2.75, 3.05) is 13.2 Å². The van der Waals surface area contributed by atoms with Crippen molar-refractivity contribution in [2.24, 2.45) is 0 Å². The minimum atomic E-state index is -1.04. The van der Waals surface area contributed by atoms with Crippen LogP contribution in [-0.2, 0) is 4.79 Å². The maximum Gasteiger partial charge on any atom is 0.342 e. The van der Waals surface area contributed by atoms with Gasteiger partial charge in [-0.1, -0.05) is 6.07 Å². The van der Waals surface area contributed by atoms with Crippen molar-refractivity contribution < 1.29 is 19.4 Å². The van der Waals surface area contributed by atoms with Gasteiger partial charge in [0.15, 0.2) is 11.5 Å². The number of rotatable bonds is 4. The lowest BCUT2D eigenvalue weighted by Crippen LogP contribution is -2.15. The minimum absolute atomic E-state index is 0.121. The first-order valence-electron chi connectivity index (χ1n) is 6.53. The molecule has 2 aromatic rings. The Hall–Kier alpha value is -2.48. The second-order valence-corrected chi connectivity index (χ2v) is 5.53. The number of nitrogens with zero attached hydrogens (tertiary/aromatic N) is 2. The van der Waals surface area contributed by atoms with Gasteiger partial charge in [-0.3, -0.25) is 5.10 Å². The summed E-state index contributed by atoms with van der Waals surface area (Å²) in [6.45, 7) is 2.75. The molecule has 8 heteroatoms. The molecule has 7 nitrogen and oxygen atoms in total. The molecule has 22 heavy (non-hydrogen) atoms. The largest absolute Gasteiger partial charge is 0.486 e. The molecule has 2 heterocycles. The molecule has 1 aliphatic rings. The van der Waals surface area contributed by atoms with Crippen LogP contribution in [0.15, 0.2) is 28.3 Å². The van der Waals surface area contributed by atoms with Crippen LogP contribution in [0.1, 0.15) is 11.4 Å². The first-order valence-corrected chi connectivity index (χ1v) is 7.35. The second kappa shape index (κ2) is 6.10. The molecular formula is C14H13N3O4S. The molecule has 3 rings (SSSR count). The third kappa shape index (κ3) is 3.22. The third-order valence-corrected chi connectivity index (χ3v) is 3.73. The van der Waals surface area contributed by atoms with Crippen molar-refractivity contribution in [3.05, 3.63) is 34.5 Å². The summed E-state index contributed by atoms with van der Waals surface area (Å²) in [7, 11) is 0. The Kier molecular flexibility index (Phi) is 4.01. The Bertz CT molecular complexity index is 741. The number of fused-ring (bicyclic) bond motifs is 1. The lowest BCUT2D eigenvalue weighted by molar-refractivity contribution is -0.131. The van der Waals surface area contributed by atoms with Crippen molar-refractivity contribution in [2.45, 2.75) is 12.1 Å². The maximum atomic E-state index is 11.4. The first kappa shape index (κ1) is 14.5. The van der Waals surface area contributed by atoms with Crippen molar-refractivity contribution >= 4 is 23.8 Å². The number of benzene rings is 1. The van der Waals surface area contributed by atoms with Crippen molar-refractivity contribution in [3.8, 4) is 11.5 Å². The van der Waals surface area contributed by atoms with Gasteiger partial charge in [0, 0.05) is 0 Å². The van der Waals surface area contributed by atoms with E-state index in [1.54, 1.807) is 31.2 Å². The number of aromatic nitrogens is 3. The summed E-state index contributed by atoms with van der Waals surface area (Å²) in [5, 5.41) is 16.3. The van der Waals surface area contributed by atoms with Gasteiger partial charge in [-0.2, -0.15) is 0 Å². The average Bonchev–Trinajstić information content (AvgIpc) is 2.91. The number of ether oxygens (including phenoxy) is 2. The van der Waals surface area contributed by atoms with Crippen LogP contribution in [-0.4, -0.2) is 39.5 Å². The predicted octanol–water partition coefficient (Wildman–Crippen LogP) is 2.10. The lowest BCUT2D eigenvalue weighted by Gasteiger charge is -2.18. The van der Waals surface area contributed by atoms with E-state index in [-0.39, 0.29) is 4.91 Å². The van der Waals surface area contributed by atoms with E-state index < -0.39 is 5.97 Å². The first-order chi connectivity index (χ1) is 10.6. The number of aromatic amines is 1. The molecule has 0 amide bonds. The topological polar surface area (TPSA) is 97.3 Å². The minimum Gasteiger partial charge on any atom is -0.486 e. The monoisotopic (exact) mass is 319 g/mol. The zero-order valence-corrected chi connectivity index (χ0v) is 12.5. The Morgan fingerprint density at radius 3 is 2.82 bits per heavy atom. The zero-order chi connectivity index (χ0) is 15.5. The van der Waals surface area contributed by atoms with Crippen LogP contribution in [0.3, 0.4) is 0 Å². The summed E-state index contributed by atoms with van der Waals surface area (Å²) < 4.78 is 10.9. The summed E-state index contributed by atoms with van der Waals surface area (Å²) >= 11 is 0.986. The summed E-state index contributed by atoms with van der Waals surface area (Å²) in [6.07, 6.45) is 1.55. The molecule has 0 spiro atoms. The predicted molar refractivity (Wildman–Crippen MR) is 80.0 cm³/mol. The normalized spacial score (nSPS) is 14.0.